The number of carbonyl (C=O) groups is 3. The summed E-state index contributed by atoms with van der Waals surface area (Å²) in [6.07, 6.45) is 0. The van der Waals surface area contributed by atoms with Crippen molar-refractivity contribution in [1.82, 2.24) is 0 Å². The summed E-state index contributed by atoms with van der Waals surface area (Å²) in [5.74, 6) is 1.31. The number of rotatable bonds is 5. The first kappa shape index (κ1) is 20.9. The van der Waals surface area contributed by atoms with E-state index in [4.69, 9.17) is 14.2 Å². The van der Waals surface area contributed by atoms with Crippen molar-refractivity contribution in [2.75, 3.05) is 14.2 Å². The van der Waals surface area contributed by atoms with E-state index in [0.29, 0.717) is 28.4 Å². The van der Waals surface area contributed by atoms with Crippen LogP contribution < -0.4 is 14.2 Å². The number of esters is 1. The van der Waals surface area contributed by atoms with E-state index in [-0.39, 0.29) is 17.5 Å². The molecule has 0 aliphatic heterocycles. The van der Waals surface area contributed by atoms with Gasteiger partial charge in [0.25, 0.3) is 0 Å². The Morgan fingerprint density at radius 3 is 1.62 bits per heavy atom. The van der Waals surface area contributed by atoms with Crippen LogP contribution in [-0.4, -0.2) is 31.8 Å². The molecule has 26 heavy (non-hydrogen) atoms. The molecule has 2 rings (SSSR count). The second-order valence-electron chi connectivity index (χ2n) is 5.30. The summed E-state index contributed by atoms with van der Waals surface area (Å²) in [5, 5.41) is 0. The van der Waals surface area contributed by atoms with E-state index in [9.17, 15) is 14.4 Å². The lowest BCUT2D eigenvalue weighted by Gasteiger charge is -2.07. The molecule has 6 heteroatoms. The molecule has 0 radical (unpaired) electrons. The quantitative estimate of drug-likeness (QED) is 0.460. The lowest BCUT2D eigenvalue weighted by molar-refractivity contribution is -0.131. The third-order valence-electron chi connectivity index (χ3n) is 3.31. The third kappa shape index (κ3) is 6.39. The van der Waals surface area contributed by atoms with Gasteiger partial charge >= 0.3 is 5.97 Å². The number of ketones is 2. The van der Waals surface area contributed by atoms with Crippen molar-refractivity contribution in [3.8, 4) is 17.2 Å². The number of Topliss-reactive ketones (excluding diaryl/α,β-unsaturated/α-hetero) is 2. The normalized spacial score (nSPS) is 9.42. The molecule has 0 atom stereocenters. The summed E-state index contributed by atoms with van der Waals surface area (Å²) >= 11 is 0. The molecule has 0 heterocycles. The van der Waals surface area contributed by atoms with Crippen LogP contribution in [0.15, 0.2) is 42.5 Å². The van der Waals surface area contributed by atoms with Crippen LogP contribution in [-0.2, 0) is 4.79 Å². The van der Waals surface area contributed by atoms with E-state index in [2.05, 4.69) is 0 Å². The maximum Gasteiger partial charge on any atom is 0.308 e. The molecule has 0 saturated carbocycles. The Hall–Kier alpha value is -3.15. The van der Waals surface area contributed by atoms with Crippen LogP contribution in [0.5, 0.6) is 17.2 Å². The summed E-state index contributed by atoms with van der Waals surface area (Å²) in [6, 6.07) is 11.5. The maximum atomic E-state index is 11.0. The number of carbonyl (C=O) groups excluding carboxylic acids is 3. The molecule has 0 aliphatic carbocycles. The van der Waals surface area contributed by atoms with Gasteiger partial charge < -0.3 is 14.2 Å². The van der Waals surface area contributed by atoms with Crippen LogP contribution in [0.2, 0.25) is 0 Å². The van der Waals surface area contributed by atoms with Gasteiger partial charge in [-0.25, -0.2) is 0 Å². The molecule has 0 aliphatic rings. The van der Waals surface area contributed by atoms with Crippen molar-refractivity contribution in [2.24, 2.45) is 0 Å². The van der Waals surface area contributed by atoms with Gasteiger partial charge in [-0.05, 0) is 56.3 Å². The van der Waals surface area contributed by atoms with E-state index < -0.39 is 0 Å². The van der Waals surface area contributed by atoms with Gasteiger partial charge in [-0.2, -0.15) is 0 Å². The Labute approximate surface area is 152 Å². The predicted octanol–water partition coefficient (Wildman–Crippen LogP) is 3.72. The molecule has 0 bridgehead atoms. The highest BCUT2D eigenvalue weighted by atomic mass is 16.5. The van der Waals surface area contributed by atoms with E-state index in [1.807, 2.05) is 0 Å². The molecule has 0 saturated heterocycles. The van der Waals surface area contributed by atoms with Gasteiger partial charge in [0, 0.05) is 18.1 Å². The fourth-order valence-electron chi connectivity index (χ4n) is 1.98. The molecular weight excluding hydrogens is 336 g/mol. The first-order valence-corrected chi connectivity index (χ1v) is 7.80. The molecule has 0 unspecified atom stereocenters. The van der Waals surface area contributed by atoms with Crippen LogP contribution in [0.25, 0.3) is 0 Å². The van der Waals surface area contributed by atoms with Crippen molar-refractivity contribution in [1.29, 1.82) is 0 Å². The van der Waals surface area contributed by atoms with Crippen molar-refractivity contribution in [3.63, 3.8) is 0 Å². The largest absolute Gasteiger partial charge is 0.493 e. The van der Waals surface area contributed by atoms with Gasteiger partial charge in [0.15, 0.2) is 23.1 Å². The zero-order valence-electron chi connectivity index (χ0n) is 15.5. The summed E-state index contributed by atoms with van der Waals surface area (Å²) < 4.78 is 14.9. The Morgan fingerprint density at radius 1 is 0.692 bits per heavy atom. The number of hydrogen-bond acceptors (Lipinski definition) is 6. The van der Waals surface area contributed by atoms with Crippen LogP contribution in [0.4, 0.5) is 0 Å². The molecule has 138 valence electrons. The van der Waals surface area contributed by atoms with Gasteiger partial charge in [0.05, 0.1) is 14.2 Å². The Balaban J connectivity index is 0.000000260. The SMILES string of the molecule is CC(=O)Oc1ccc(C(C)=O)cc1.COc1ccc(C(C)=O)cc1OC. The average molecular weight is 358 g/mol. The van der Waals surface area contributed by atoms with Crippen molar-refractivity contribution >= 4 is 17.5 Å². The van der Waals surface area contributed by atoms with Gasteiger partial charge in [-0.15, -0.1) is 0 Å². The fraction of sp³-hybridized carbons (Fsp3) is 0.250. The van der Waals surface area contributed by atoms with E-state index in [0.717, 1.165) is 0 Å². The molecule has 2 aromatic rings. The molecular formula is C20H22O6. The van der Waals surface area contributed by atoms with Gasteiger partial charge in [-0.1, -0.05) is 0 Å². The molecule has 0 fully saturated rings. The highest BCUT2D eigenvalue weighted by molar-refractivity contribution is 5.95. The van der Waals surface area contributed by atoms with E-state index in [1.165, 1.54) is 20.8 Å². The second kappa shape index (κ2) is 9.98. The first-order chi connectivity index (χ1) is 12.3. The maximum absolute atomic E-state index is 11.0. The monoisotopic (exact) mass is 358 g/mol. The highest BCUT2D eigenvalue weighted by Crippen LogP contribution is 2.27. The van der Waals surface area contributed by atoms with Crippen LogP contribution in [0.3, 0.4) is 0 Å². The zero-order chi connectivity index (χ0) is 19.7. The molecule has 0 N–H and O–H groups in total. The van der Waals surface area contributed by atoms with Crippen molar-refractivity contribution < 1.29 is 28.6 Å². The van der Waals surface area contributed by atoms with E-state index >= 15 is 0 Å². The minimum atomic E-state index is -0.365. The summed E-state index contributed by atoms with van der Waals surface area (Å²) in [5.41, 5.74) is 1.23. The number of methoxy groups -OCH3 is 2. The smallest absolute Gasteiger partial charge is 0.308 e. The third-order valence-corrected chi connectivity index (χ3v) is 3.31. The topological polar surface area (TPSA) is 78.9 Å². The summed E-state index contributed by atoms with van der Waals surface area (Å²) in [7, 11) is 3.10. The number of benzene rings is 2. The fourth-order valence-corrected chi connectivity index (χ4v) is 1.98. The zero-order valence-corrected chi connectivity index (χ0v) is 15.5. The van der Waals surface area contributed by atoms with Gasteiger partial charge in [0.1, 0.15) is 5.75 Å². The van der Waals surface area contributed by atoms with Gasteiger partial charge in [-0.3, -0.25) is 14.4 Å². The van der Waals surface area contributed by atoms with Crippen molar-refractivity contribution in [2.45, 2.75) is 20.8 Å². The second-order valence-corrected chi connectivity index (χ2v) is 5.30. The Morgan fingerprint density at radius 2 is 1.19 bits per heavy atom. The first-order valence-electron chi connectivity index (χ1n) is 7.80. The highest BCUT2D eigenvalue weighted by Gasteiger charge is 2.06. The minimum absolute atomic E-state index is 0.00521. The molecule has 6 nitrogen and oxygen atoms in total. The standard InChI is InChI=1S/C10H12O3.C10H10O3/c1-7(11)8-4-5-9(12-2)10(6-8)13-3;1-7(11)9-3-5-10(6-4-9)13-8(2)12/h4-6H,1-3H3;3-6H,1-2H3. The van der Waals surface area contributed by atoms with E-state index in [1.54, 1.807) is 56.7 Å². The lowest BCUT2D eigenvalue weighted by Crippen LogP contribution is -2.01. The summed E-state index contributed by atoms with van der Waals surface area (Å²) in [4.78, 5) is 32.4. The van der Waals surface area contributed by atoms with Crippen molar-refractivity contribution in [3.05, 3.63) is 53.6 Å². The minimum Gasteiger partial charge on any atom is -0.493 e. The number of hydrogen-bond donors (Lipinski definition) is 0. The molecule has 2 aromatic carbocycles. The number of ether oxygens (including phenoxy) is 3. The van der Waals surface area contributed by atoms with Gasteiger partial charge in [0.2, 0.25) is 0 Å². The lowest BCUT2D eigenvalue weighted by atomic mass is 10.1. The predicted molar refractivity (Wildman–Crippen MR) is 97.3 cm³/mol. The average Bonchev–Trinajstić information content (AvgIpc) is 2.61. The van der Waals surface area contributed by atoms with Crippen LogP contribution >= 0.6 is 0 Å². The molecule has 0 amide bonds. The summed E-state index contributed by atoms with van der Waals surface area (Å²) in [6.45, 7) is 4.33. The Kier molecular flexibility index (Phi) is 8.02. The molecule has 0 spiro atoms. The van der Waals surface area contributed by atoms with Crippen LogP contribution in [0, 0.1) is 0 Å². The molecule has 0 aromatic heterocycles. The van der Waals surface area contributed by atoms with Crippen LogP contribution in [0.1, 0.15) is 41.5 Å². The Bertz CT molecular complexity index is 777.